The van der Waals surface area contributed by atoms with Crippen LogP contribution in [0.1, 0.15) is 44.0 Å². The molecule has 0 spiro atoms. The zero-order valence-corrected chi connectivity index (χ0v) is 13.9. The van der Waals surface area contributed by atoms with Gasteiger partial charge >= 0.3 is 0 Å². The van der Waals surface area contributed by atoms with Gasteiger partial charge in [-0.1, -0.05) is 41.1 Å². The number of halogens is 2. The Morgan fingerprint density at radius 2 is 2.14 bits per heavy atom. The number of nitrogens with one attached hydrogen (secondary N) is 1. The summed E-state index contributed by atoms with van der Waals surface area (Å²) in [5.41, 5.74) is 1.51. The summed E-state index contributed by atoms with van der Waals surface area (Å²) in [6.45, 7) is 5.75. The van der Waals surface area contributed by atoms with Gasteiger partial charge in [0.15, 0.2) is 0 Å². The zero-order chi connectivity index (χ0) is 15.2. The second kappa shape index (κ2) is 7.66. The van der Waals surface area contributed by atoms with Crippen LogP contribution in [0.15, 0.2) is 28.9 Å². The summed E-state index contributed by atoms with van der Waals surface area (Å²) < 4.78 is 16.9. The van der Waals surface area contributed by atoms with Crippen molar-refractivity contribution >= 4 is 15.9 Å². The topological polar surface area (TPSA) is 42.7 Å². The molecule has 1 aromatic carbocycles. The zero-order valence-electron chi connectivity index (χ0n) is 12.3. The number of benzene rings is 1. The van der Waals surface area contributed by atoms with Crippen LogP contribution in [0.25, 0.3) is 0 Å². The molecule has 0 amide bonds. The molecule has 1 aromatic heterocycles. The fourth-order valence-corrected chi connectivity index (χ4v) is 2.61. The monoisotopic (exact) mass is 354 g/mol. The van der Waals surface area contributed by atoms with Crippen molar-refractivity contribution in [3.8, 4) is 0 Å². The van der Waals surface area contributed by atoms with Crippen molar-refractivity contribution in [2.24, 2.45) is 0 Å². The SMILES string of the molecule is CCCNC(c1ccc(Br)cc1F)c1cnnn1CCC. The van der Waals surface area contributed by atoms with Gasteiger partial charge in [-0.2, -0.15) is 0 Å². The fraction of sp³-hybridized carbons (Fsp3) is 0.467. The van der Waals surface area contributed by atoms with Crippen LogP contribution in [0.4, 0.5) is 4.39 Å². The van der Waals surface area contributed by atoms with Crippen LogP contribution in [0.2, 0.25) is 0 Å². The van der Waals surface area contributed by atoms with Crippen LogP contribution in [-0.4, -0.2) is 21.5 Å². The second-order valence-electron chi connectivity index (χ2n) is 4.93. The Bertz CT molecular complexity index is 585. The Hall–Kier alpha value is -1.27. The van der Waals surface area contributed by atoms with Crippen molar-refractivity contribution in [2.75, 3.05) is 6.54 Å². The lowest BCUT2D eigenvalue weighted by Gasteiger charge is -2.20. The molecule has 0 saturated carbocycles. The molecule has 114 valence electrons. The Balaban J connectivity index is 2.39. The highest BCUT2D eigenvalue weighted by Gasteiger charge is 2.21. The van der Waals surface area contributed by atoms with E-state index in [1.165, 1.54) is 6.07 Å². The van der Waals surface area contributed by atoms with Gasteiger partial charge in [-0.3, -0.25) is 0 Å². The standard InChI is InChI=1S/C15H20BrFN4/c1-3-7-18-15(12-6-5-11(16)9-13(12)17)14-10-19-20-21(14)8-4-2/h5-6,9-10,15,18H,3-4,7-8H2,1-2H3. The van der Waals surface area contributed by atoms with E-state index in [-0.39, 0.29) is 11.9 Å². The summed E-state index contributed by atoms with van der Waals surface area (Å²) >= 11 is 3.30. The molecular formula is C15H20BrFN4. The normalized spacial score (nSPS) is 12.6. The molecule has 6 heteroatoms. The summed E-state index contributed by atoms with van der Waals surface area (Å²) in [5.74, 6) is -0.234. The Labute approximate surface area is 132 Å². The van der Waals surface area contributed by atoms with Gasteiger partial charge in [0, 0.05) is 16.6 Å². The largest absolute Gasteiger partial charge is 0.305 e. The number of rotatable bonds is 7. The molecule has 0 aliphatic rings. The predicted molar refractivity (Wildman–Crippen MR) is 84.5 cm³/mol. The van der Waals surface area contributed by atoms with Gasteiger partial charge in [0.2, 0.25) is 0 Å². The van der Waals surface area contributed by atoms with Crippen molar-refractivity contribution in [3.63, 3.8) is 0 Å². The van der Waals surface area contributed by atoms with Crippen molar-refractivity contribution in [2.45, 2.75) is 39.3 Å². The average molecular weight is 355 g/mol. The van der Waals surface area contributed by atoms with E-state index in [1.807, 2.05) is 10.7 Å². The van der Waals surface area contributed by atoms with Crippen molar-refractivity contribution in [1.29, 1.82) is 0 Å². The highest BCUT2D eigenvalue weighted by Crippen LogP contribution is 2.26. The van der Waals surface area contributed by atoms with Crippen molar-refractivity contribution < 1.29 is 4.39 Å². The molecule has 1 atom stereocenters. The maximum absolute atomic E-state index is 14.3. The van der Waals surface area contributed by atoms with E-state index < -0.39 is 0 Å². The van der Waals surface area contributed by atoms with E-state index >= 15 is 0 Å². The van der Waals surface area contributed by atoms with Gasteiger partial charge in [-0.05, 0) is 31.5 Å². The van der Waals surface area contributed by atoms with Crippen LogP contribution in [0.3, 0.4) is 0 Å². The number of nitrogens with zero attached hydrogens (tertiary/aromatic N) is 3. The lowest BCUT2D eigenvalue weighted by Crippen LogP contribution is -2.26. The third kappa shape index (κ3) is 3.89. The first kappa shape index (κ1) is 16.1. The molecule has 4 nitrogen and oxygen atoms in total. The lowest BCUT2D eigenvalue weighted by molar-refractivity contribution is 0.489. The average Bonchev–Trinajstić information content (AvgIpc) is 2.90. The number of aromatic nitrogens is 3. The predicted octanol–water partition coefficient (Wildman–Crippen LogP) is 3.68. The number of hydrogen-bond acceptors (Lipinski definition) is 3. The van der Waals surface area contributed by atoms with Crippen molar-refractivity contribution in [1.82, 2.24) is 20.3 Å². The van der Waals surface area contributed by atoms with Crippen LogP contribution in [-0.2, 0) is 6.54 Å². The molecule has 0 fully saturated rings. The van der Waals surface area contributed by atoms with E-state index in [2.05, 4.69) is 45.4 Å². The quantitative estimate of drug-likeness (QED) is 0.824. The maximum atomic E-state index is 14.3. The first-order valence-corrected chi connectivity index (χ1v) is 8.03. The van der Waals surface area contributed by atoms with E-state index in [4.69, 9.17) is 0 Å². The first-order valence-electron chi connectivity index (χ1n) is 7.24. The Morgan fingerprint density at radius 1 is 1.33 bits per heavy atom. The van der Waals surface area contributed by atoms with E-state index in [0.717, 1.165) is 36.1 Å². The molecule has 21 heavy (non-hydrogen) atoms. The first-order chi connectivity index (χ1) is 10.2. The Kier molecular flexibility index (Phi) is 5.87. The summed E-state index contributed by atoms with van der Waals surface area (Å²) in [7, 11) is 0. The number of hydrogen-bond donors (Lipinski definition) is 1. The minimum atomic E-state index is -0.236. The smallest absolute Gasteiger partial charge is 0.129 e. The third-order valence-electron chi connectivity index (χ3n) is 3.25. The molecule has 0 aliphatic heterocycles. The lowest BCUT2D eigenvalue weighted by atomic mass is 10.0. The Morgan fingerprint density at radius 3 is 2.81 bits per heavy atom. The van der Waals surface area contributed by atoms with E-state index in [9.17, 15) is 4.39 Å². The van der Waals surface area contributed by atoms with E-state index in [1.54, 1.807) is 12.3 Å². The number of aryl methyl sites for hydroxylation is 1. The van der Waals surface area contributed by atoms with Gasteiger partial charge < -0.3 is 5.32 Å². The van der Waals surface area contributed by atoms with Gasteiger partial charge in [0.25, 0.3) is 0 Å². The summed E-state index contributed by atoms with van der Waals surface area (Å²) in [4.78, 5) is 0. The van der Waals surface area contributed by atoms with Gasteiger partial charge in [0.05, 0.1) is 17.9 Å². The molecule has 2 rings (SSSR count). The molecule has 2 aromatic rings. The second-order valence-corrected chi connectivity index (χ2v) is 5.85. The molecule has 0 bridgehead atoms. The molecule has 0 saturated heterocycles. The fourth-order valence-electron chi connectivity index (χ4n) is 2.27. The molecular weight excluding hydrogens is 335 g/mol. The van der Waals surface area contributed by atoms with E-state index in [0.29, 0.717) is 5.56 Å². The van der Waals surface area contributed by atoms with Crippen LogP contribution in [0.5, 0.6) is 0 Å². The minimum Gasteiger partial charge on any atom is -0.305 e. The summed E-state index contributed by atoms with van der Waals surface area (Å²) in [6, 6.07) is 4.91. The summed E-state index contributed by atoms with van der Waals surface area (Å²) in [5, 5.41) is 11.5. The third-order valence-corrected chi connectivity index (χ3v) is 3.74. The molecule has 1 unspecified atom stereocenters. The van der Waals surface area contributed by atoms with Crippen LogP contribution < -0.4 is 5.32 Å². The summed E-state index contributed by atoms with van der Waals surface area (Å²) in [6.07, 6.45) is 3.65. The molecule has 1 N–H and O–H groups in total. The highest BCUT2D eigenvalue weighted by atomic mass is 79.9. The van der Waals surface area contributed by atoms with Gasteiger partial charge in [-0.15, -0.1) is 5.10 Å². The van der Waals surface area contributed by atoms with Crippen LogP contribution >= 0.6 is 15.9 Å². The van der Waals surface area contributed by atoms with Crippen LogP contribution in [0, 0.1) is 5.82 Å². The van der Waals surface area contributed by atoms with Crippen molar-refractivity contribution in [3.05, 3.63) is 45.9 Å². The minimum absolute atomic E-state index is 0.234. The highest BCUT2D eigenvalue weighted by molar-refractivity contribution is 9.10. The molecule has 1 heterocycles. The van der Waals surface area contributed by atoms with Gasteiger partial charge in [-0.25, -0.2) is 9.07 Å². The molecule has 0 aliphatic carbocycles. The molecule has 0 radical (unpaired) electrons. The van der Waals surface area contributed by atoms with Gasteiger partial charge in [0.1, 0.15) is 5.82 Å². The maximum Gasteiger partial charge on any atom is 0.129 e.